The first-order chi connectivity index (χ1) is 11.6. The summed E-state index contributed by atoms with van der Waals surface area (Å²) in [6.45, 7) is 0.960. The highest BCUT2D eigenvalue weighted by molar-refractivity contribution is 6.33. The van der Waals surface area contributed by atoms with Crippen LogP contribution >= 0.6 is 23.2 Å². The lowest BCUT2D eigenvalue weighted by molar-refractivity contribution is 0.104. The van der Waals surface area contributed by atoms with Gasteiger partial charge in [-0.25, -0.2) is 4.98 Å². The van der Waals surface area contributed by atoms with E-state index in [0.717, 1.165) is 35.5 Å². The molecular weight excluding hydrogens is 351 g/mol. The Morgan fingerprint density at radius 3 is 2.58 bits per heavy atom. The summed E-state index contributed by atoms with van der Waals surface area (Å²) in [5.74, 6) is 1.23. The molecule has 0 atom stereocenters. The average molecular weight is 363 g/mol. The summed E-state index contributed by atoms with van der Waals surface area (Å²) in [6.07, 6.45) is 2.40. The molecule has 0 bridgehead atoms. The average Bonchev–Trinajstić information content (AvgIpc) is 2.99. The molecular formula is C17H12Cl2N2O3. The Morgan fingerprint density at radius 2 is 1.83 bits per heavy atom. The predicted octanol–water partition coefficient (Wildman–Crippen LogP) is 3.49. The number of nitrogens with one attached hydrogen (secondary N) is 1. The van der Waals surface area contributed by atoms with Crippen LogP contribution in [0.3, 0.4) is 0 Å². The molecule has 5 nitrogen and oxygen atoms in total. The molecule has 0 radical (unpaired) electrons. The summed E-state index contributed by atoms with van der Waals surface area (Å²) in [5, 5.41) is 3.63. The van der Waals surface area contributed by atoms with Gasteiger partial charge in [0, 0.05) is 29.4 Å². The van der Waals surface area contributed by atoms with Gasteiger partial charge in [0.25, 0.3) is 0 Å². The second-order valence-corrected chi connectivity index (χ2v) is 6.24. The van der Waals surface area contributed by atoms with Crippen molar-refractivity contribution in [2.24, 2.45) is 0 Å². The van der Waals surface area contributed by atoms with Crippen LogP contribution < -0.4 is 14.8 Å². The van der Waals surface area contributed by atoms with Gasteiger partial charge in [0.2, 0.25) is 6.79 Å². The number of fused-ring (bicyclic) bond motifs is 2. The molecule has 0 amide bonds. The van der Waals surface area contributed by atoms with Crippen molar-refractivity contribution in [2.75, 3.05) is 13.3 Å². The van der Waals surface area contributed by atoms with Crippen LogP contribution in [-0.2, 0) is 6.42 Å². The van der Waals surface area contributed by atoms with Gasteiger partial charge < -0.3 is 14.8 Å². The first-order valence-electron chi connectivity index (χ1n) is 7.36. The number of carbonyl (C=O) groups excluding carboxylic acids is 1. The van der Waals surface area contributed by atoms with Gasteiger partial charge in [-0.2, -0.15) is 0 Å². The van der Waals surface area contributed by atoms with Gasteiger partial charge in [-0.05, 0) is 36.2 Å². The molecule has 0 unspecified atom stereocenters. The number of halogens is 2. The Kier molecular flexibility index (Phi) is 3.82. The Labute approximate surface area is 148 Å². The Hall–Kier alpha value is -2.24. The van der Waals surface area contributed by atoms with Gasteiger partial charge in [-0.3, -0.25) is 4.79 Å². The van der Waals surface area contributed by atoms with Crippen LogP contribution in [0.15, 0.2) is 30.3 Å². The highest BCUT2D eigenvalue weighted by Crippen LogP contribution is 2.38. The fourth-order valence-corrected chi connectivity index (χ4v) is 3.28. The molecule has 0 spiro atoms. The second kappa shape index (κ2) is 6.00. The molecule has 0 saturated carbocycles. The Bertz CT molecular complexity index is 860. The number of ether oxygens (including phenoxy) is 2. The summed E-state index contributed by atoms with van der Waals surface area (Å²) >= 11 is 11.7. The maximum atomic E-state index is 12.5. The first kappa shape index (κ1) is 15.3. The van der Waals surface area contributed by atoms with E-state index in [1.165, 1.54) is 12.1 Å². The zero-order valence-corrected chi connectivity index (χ0v) is 13.9. The number of benzene rings is 1. The maximum absolute atomic E-state index is 12.5. The monoisotopic (exact) mass is 362 g/mol. The second-order valence-electron chi connectivity index (χ2n) is 5.46. The van der Waals surface area contributed by atoms with Crippen molar-refractivity contribution in [1.29, 1.82) is 0 Å². The summed E-state index contributed by atoms with van der Waals surface area (Å²) in [5.41, 5.74) is 3.18. The van der Waals surface area contributed by atoms with E-state index in [0.29, 0.717) is 11.3 Å². The zero-order chi connectivity index (χ0) is 16.7. The smallest absolute Gasteiger partial charge is 0.231 e. The van der Waals surface area contributed by atoms with Crippen LogP contribution in [0.1, 0.15) is 21.5 Å². The number of aromatic nitrogens is 1. The van der Waals surface area contributed by atoms with Crippen molar-refractivity contribution in [1.82, 2.24) is 10.3 Å². The van der Waals surface area contributed by atoms with Crippen LogP contribution in [0.25, 0.3) is 5.70 Å². The lowest BCUT2D eigenvalue weighted by atomic mass is 9.96. The van der Waals surface area contributed by atoms with E-state index in [1.54, 1.807) is 6.08 Å². The minimum atomic E-state index is -0.200. The maximum Gasteiger partial charge on any atom is 0.231 e. The topological polar surface area (TPSA) is 60.5 Å². The largest absolute Gasteiger partial charge is 0.454 e. The molecule has 0 saturated heterocycles. The first-order valence-corrected chi connectivity index (χ1v) is 8.11. The number of allylic oxidation sites excluding steroid dienone is 1. The number of carbonyl (C=O) groups is 1. The van der Waals surface area contributed by atoms with Crippen molar-refractivity contribution in [2.45, 2.75) is 6.42 Å². The molecule has 24 heavy (non-hydrogen) atoms. The highest BCUT2D eigenvalue weighted by atomic mass is 35.5. The predicted molar refractivity (Wildman–Crippen MR) is 90.8 cm³/mol. The number of hydrogen-bond acceptors (Lipinski definition) is 5. The SMILES string of the molecule is O=C(C=C1NCCc2cc3c(cc21)OCO3)c1cc(Cl)nc(Cl)c1. The lowest BCUT2D eigenvalue weighted by Gasteiger charge is -2.21. The van der Waals surface area contributed by atoms with Gasteiger partial charge in [0.15, 0.2) is 17.3 Å². The molecule has 2 aliphatic rings. The summed E-state index contributed by atoms with van der Waals surface area (Å²) in [4.78, 5) is 16.4. The van der Waals surface area contributed by atoms with Crippen LogP contribution in [0.4, 0.5) is 0 Å². The molecule has 7 heteroatoms. The van der Waals surface area contributed by atoms with Crippen LogP contribution in [0.5, 0.6) is 11.5 Å². The van der Waals surface area contributed by atoms with E-state index >= 15 is 0 Å². The third kappa shape index (κ3) is 2.81. The fourth-order valence-electron chi connectivity index (χ4n) is 2.82. The third-order valence-electron chi connectivity index (χ3n) is 3.92. The van der Waals surface area contributed by atoms with E-state index in [-0.39, 0.29) is 22.9 Å². The lowest BCUT2D eigenvalue weighted by Crippen LogP contribution is -2.23. The van der Waals surface area contributed by atoms with Crippen molar-refractivity contribution in [3.8, 4) is 11.5 Å². The quantitative estimate of drug-likeness (QED) is 0.503. The molecule has 1 aromatic heterocycles. The minimum Gasteiger partial charge on any atom is -0.454 e. The number of hydrogen-bond donors (Lipinski definition) is 1. The zero-order valence-electron chi connectivity index (χ0n) is 12.4. The van der Waals surface area contributed by atoms with Crippen LogP contribution in [0.2, 0.25) is 10.3 Å². The molecule has 3 heterocycles. The molecule has 2 aliphatic heterocycles. The summed E-state index contributed by atoms with van der Waals surface area (Å²) in [7, 11) is 0. The van der Waals surface area contributed by atoms with Crippen molar-refractivity contribution in [3.63, 3.8) is 0 Å². The molecule has 1 aromatic carbocycles. The Morgan fingerprint density at radius 1 is 1.12 bits per heavy atom. The molecule has 122 valence electrons. The molecule has 0 fully saturated rings. The van der Waals surface area contributed by atoms with Gasteiger partial charge in [-0.1, -0.05) is 23.2 Å². The van der Waals surface area contributed by atoms with E-state index < -0.39 is 0 Å². The standard InChI is InChI=1S/C17H12Cl2N2O3/c18-16-4-10(5-17(19)21-16)13(22)7-12-11-6-15-14(23-8-24-15)3-9(11)1-2-20-12/h3-7,20H,1-2,8H2. The van der Waals surface area contributed by atoms with Gasteiger partial charge in [-0.15, -0.1) is 0 Å². The number of pyridine rings is 1. The Balaban J connectivity index is 1.73. The fraction of sp³-hybridized carbons (Fsp3) is 0.176. The van der Waals surface area contributed by atoms with Crippen LogP contribution in [-0.4, -0.2) is 24.1 Å². The van der Waals surface area contributed by atoms with Gasteiger partial charge >= 0.3 is 0 Å². The number of ketones is 1. The van der Waals surface area contributed by atoms with E-state index in [9.17, 15) is 4.79 Å². The van der Waals surface area contributed by atoms with Gasteiger partial charge in [0.05, 0.1) is 0 Å². The molecule has 2 aromatic rings. The highest BCUT2D eigenvalue weighted by Gasteiger charge is 2.22. The van der Waals surface area contributed by atoms with Gasteiger partial charge in [0.1, 0.15) is 10.3 Å². The van der Waals surface area contributed by atoms with Crippen LogP contribution in [0, 0.1) is 0 Å². The number of nitrogens with zero attached hydrogens (tertiary/aromatic N) is 1. The van der Waals surface area contributed by atoms with E-state index in [2.05, 4.69) is 10.3 Å². The third-order valence-corrected chi connectivity index (χ3v) is 4.31. The normalized spacial score (nSPS) is 16.7. The molecule has 1 N–H and O–H groups in total. The molecule has 4 rings (SSSR count). The van der Waals surface area contributed by atoms with Crippen molar-refractivity contribution in [3.05, 3.63) is 57.3 Å². The summed E-state index contributed by atoms with van der Waals surface area (Å²) in [6, 6.07) is 6.86. The van der Waals surface area contributed by atoms with E-state index in [4.69, 9.17) is 32.7 Å². The summed E-state index contributed by atoms with van der Waals surface area (Å²) < 4.78 is 10.8. The van der Waals surface area contributed by atoms with E-state index in [1.807, 2.05) is 12.1 Å². The number of rotatable bonds is 2. The van der Waals surface area contributed by atoms with Crippen molar-refractivity contribution >= 4 is 34.7 Å². The van der Waals surface area contributed by atoms with Crippen molar-refractivity contribution < 1.29 is 14.3 Å². The minimum absolute atomic E-state index is 0.185. The molecule has 0 aliphatic carbocycles.